The van der Waals surface area contributed by atoms with Gasteiger partial charge in [-0.05, 0) is 34.4 Å². The van der Waals surface area contributed by atoms with Gasteiger partial charge in [0.2, 0.25) is 0 Å². The normalized spacial score (nSPS) is 24.2. The highest BCUT2D eigenvalue weighted by Gasteiger charge is 2.50. The van der Waals surface area contributed by atoms with E-state index in [1.54, 1.807) is 23.2 Å². The van der Waals surface area contributed by atoms with E-state index in [-0.39, 0.29) is 44.1 Å². The molecular formula is C31H27FN2O4. The summed E-state index contributed by atoms with van der Waals surface area (Å²) in [4.78, 5) is 19.4. The van der Waals surface area contributed by atoms with E-state index in [1.807, 2.05) is 30.3 Å². The van der Waals surface area contributed by atoms with E-state index >= 15 is 4.39 Å². The first-order valence-electron chi connectivity index (χ1n) is 13.0. The van der Waals surface area contributed by atoms with Crippen LogP contribution in [0, 0.1) is 5.82 Å². The van der Waals surface area contributed by atoms with Crippen molar-refractivity contribution in [1.29, 1.82) is 0 Å². The Morgan fingerprint density at radius 1 is 1.00 bits per heavy atom. The number of morpholine rings is 1. The van der Waals surface area contributed by atoms with Gasteiger partial charge >= 0.3 is 6.09 Å². The molecule has 2 bridgehead atoms. The van der Waals surface area contributed by atoms with Gasteiger partial charge in [-0.15, -0.1) is 0 Å². The predicted molar refractivity (Wildman–Crippen MR) is 140 cm³/mol. The molecule has 2 aliphatic heterocycles. The molecule has 3 aromatic carbocycles. The van der Waals surface area contributed by atoms with E-state index in [2.05, 4.69) is 29.2 Å². The average molecular weight is 511 g/mol. The summed E-state index contributed by atoms with van der Waals surface area (Å²) in [6, 6.07) is 22.3. The van der Waals surface area contributed by atoms with Crippen molar-refractivity contribution in [3.63, 3.8) is 0 Å². The second-order valence-corrected chi connectivity index (χ2v) is 10.5. The average Bonchev–Trinajstić information content (AvgIpc) is 3.24. The number of pyridine rings is 1. The second kappa shape index (κ2) is 8.89. The maximum atomic E-state index is 15.2. The molecule has 2 atom stereocenters. The van der Waals surface area contributed by atoms with Gasteiger partial charge in [-0.1, -0.05) is 54.6 Å². The van der Waals surface area contributed by atoms with Crippen molar-refractivity contribution in [1.82, 2.24) is 9.88 Å². The smallest absolute Gasteiger partial charge is 0.410 e. The number of carbonyl (C=O) groups excluding carboxylic acids is 1. The Bertz CT molecular complexity index is 1500. The van der Waals surface area contributed by atoms with Crippen LogP contribution in [0.5, 0.6) is 0 Å². The van der Waals surface area contributed by atoms with Crippen LogP contribution in [0.15, 0.2) is 79.0 Å². The monoisotopic (exact) mass is 510 g/mol. The van der Waals surface area contributed by atoms with Gasteiger partial charge < -0.3 is 14.6 Å². The maximum Gasteiger partial charge on any atom is 0.410 e. The minimum Gasteiger partial charge on any atom is -0.448 e. The Balaban J connectivity index is 1.12. The van der Waals surface area contributed by atoms with Gasteiger partial charge in [0.15, 0.2) is 0 Å². The lowest BCUT2D eigenvalue weighted by molar-refractivity contribution is -0.137. The Labute approximate surface area is 219 Å². The van der Waals surface area contributed by atoms with Gasteiger partial charge in [-0.25, -0.2) is 9.18 Å². The molecule has 192 valence electrons. The lowest BCUT2D eigenvalue weighted by atomic mass is 9.76. The van der Waals surface area contributed by atoms with Gasteiger partial charge in [0.1, 0.15) is 12.4 Å². The van der Waals surface area contributed by atoms with Crippen molar-refractivity contribution in [2.24, 2.45) is 0 Å². The number of rotatable bonds is 3. The molecule has 1 aromatic heterocycles. The predicted octanol–water partition coefficient (Wildman–Crippen LogP) is 5.37. The maximum absolute atomic E-state index is 15.2. The van der Waals surface area contributed by atoms with Crippen LogP contribution in [0.4, 0.5) is 9.18 Å². The van der Waals surface area contributed by atoms with Gasteiger partial charge in [0.05, 0.1) is 36.4 Å². The molecule has 0 spiro atoms. The molecule has 2 saturated heterocycles. The van der Waals surface area contributed by atoms with E-state index < -0.39 is 29.6 Å². The van der Waals surface area contributed by atoms with Crippen LogP contribution in [-0.4, -0.2) is 53.0 Å². The largest absolute Gasteiger partial charge is 0.448 e. The summed E-state index contributed by atoms with van der Waals surface area (Å²) in [5.41, 5.74) is 4.00. The zero-order valence-corrected chi connectivity index (χ0v) is 20.7. The molecule has 6 nitrogen and oxygen atoms in total. The summed E-state index contributed by atoms with van der Waals surface area (Å²) in [7, 11) is 0. The van der Waals surface area contributed by atoms with Crippen molar-refractivity contribution in [2.75, 3.05) is 19.8 Å². The highest BCUT2D eigenvalue weighted by molar-refractivity contribution is 5.80. The summed E-state index contributed by atoms with van der Waals surface area (Å²) < 4.78 is 26.9. The highest BCUT2D eigenvalue weighted by Crippen LogP contribution is 2.46. The molecule has 1 aliphatic carbocycles. The summed E-state index contributed by atoms with van der Waals surface area (Å²) in [6.07, 6.45) is 1.52. The Kier molecular flexibility index (Phi) is 5.46. The number of halogens is 1. The van der Waals surface area contributed by atoms with Gasteiger partial charge in [0.25, 0.3) is 0 Å². The lowest BCUT2D eigenvalue weighted by Crippen LogP contribution is -2.62. The lowest BCUT2D eigenvalue weighted by Gasteiger charge is -2.51. The molecule has 3 heterocycles. The Morgan fingerprint density at radius 2 is 1.66 bits per heavy atom. The third kappa shape index (κ3) is 3.68. The van der Waals surface area contributed by atoms with E-state index in [1.165, 1.54) is 17.2 Å². The molecule has 2 unspecified atom stereocenters. The quantitative estimate of drug-likeness (QED) is 0.401. The zero-order chi connectivity index (χ0) is 25.9. The molecule has 2 fully saturated rings. The first-order valence-corrected chi connectivity index (χ1v) is 13.0. The van der Waals surface area contributed by atoms with Crippen LogP contribution in [0.3, 0.4) is 0 Å². The van der Waals surface area contributed by atoms with E-state index in [0.29, 0.717) is 5.52 Å². The minimum absolute atomic E-state index is 0.0375. The second-order valence-electron chi connectivity index (χ2n) is 10.5. The van der Waals surface area contributed by atoms with Crippen LogP contribution >= 0.6 is 0 Å². The molecule has 3 aliphatic rings. The van der Waals surface area contributed by atoms with Crippen LogP contribution in [-0.2, 0) is 15.1 Å². The third-order valence-corrected chi connectivity index (χ3v) is 8.29. The molecule has 4 aromatic rings. The third-order valence-electron chi connectivity index (χ3n) is 8.29. The Hall–Kier alpha value is -3.81. The highest BCUT2D eigenvalue weighted by atomic mass is 19.1. The van der Waals surface area contributed by atoms with Gasteiger partial charge in [-0.3, -0.25) is 9.88 Å². The fraction of sp³-hybridized carbons (Fsp3) is 0.290. The topological polar surface area (TPSA) is 71.9 Å². The van der Waals surface area contributed by atoms with Crippen LogP contribution < -0.4 is 0 Å². The minimum atomic E-state index is -1.42. The number of piperidine rings is 1. The van der Waals surface area contributed by atoms with Crippen molar-refractivity contribution < 1.29 is 23.8 Å². The fourth-order valence-electron chi connectivity index (χ4n) is 6.61. The van der Waals surface area contributed by atoms with Gasteiger partial charge in [-0.2, -0.15) is 0 Å². The zero-order valence-electron chi connectivity index (χ0n) is 20.7. The van der Waals surface area contributed by atoms with Crippen molar-refractivity contribution >= 4 is 17.0 Å². The number of hydrogen-bond donors (Lipinski definition) is 1. The number of carbonyl (C=O) groups is 1. The molecule has 0 radical (unpaired) electrons. The van der Waals surface area contributed by atoms with E-state index in [4.69, 9.17) is 9.47 Å². The van der Waals surface area contributed by atoms with Crippen LogP contribution in [0.2, 0.25) is 0 Å². The van der Waals surface area contributed by atoms with Gasteiger partial charge in [0, 0.05) is 42.0 Å². The number of fused-ring (bicyclic) bond motifs is 6. The summed E-state index contributed by atoms with van der Waals surface area (Å²) in [5.74, 6) is -0.531. The first kappa shape index (κ1) is 23.3. The van der Waals surface area contributed by atoms with Crippen molar-refractivity contribution in [2.45, 2.75) is 36.4 Å². The molecule has 7 rings (SSSR count). The molecule has 38 heavy (non-hydrogen) atoms. The number of benzene rings is 3. The Morgan fingerprint density at radius 3 is 2.34 bits per heavy atom. The number of amides is 1. The number of nitrogens with zero attached hydrogens (tertiary/aromatic N) is 2. The molecule has 7 heteroatoms. The number of ether oxygens (including phenoxy) is 2. The summed E-state index contributed by atoms with van der Waals surface area (Å²) in [6.45, 7) is 0.750. The standard InChI is InChI=1S/C31H27FN2O4/c32-28-13-29-19(6-5-11-33-29)12-27(28)31(36)14-20-16-37-17-21(15-31)34(20)30(35)38-18-26-24-9-3-1-7-22(24)23-8-2-4-10-25(23)26/h1-13,20-21,26,36H,14-18H2. The molecule has 1 amide bonds. The van der Waals surface area contributed by atoms with E-state index in [9.17, 15) is 9.90 Å². The van der Waals surface area contributed by atoms with E-state index in [0.717, 1.165) is 16.5 Å². The van der Waals surface area contributed by atoms with Crippen LogP contribution in [0.1, 0.15) is 35.4 Å². The number of aliphatic hydroxyl groups is 1. The number of aromatic nitrogens is 1. The van der Waals surface area contributed by atoms with Crippen molar-refractivity contribution in [3.05, 3.63) is 102 Å². The van der Waals surface area contributed by atoms with Crippen LogP contribution in [0.25, 0.3) is 22.0 Å². The molecule has 0 saturated carbocycles. The SMILES string of the molecule is O=C(OCC1c2ccccc2-c2ccccc21)N1C2COCC1CC(O)(c1cc3cccnc3cc1F)C2. The fourth-order valence-corrected chi connectivity index (χ4v) is 6.61. The van der Waals surface area contributed by atoms with Crippen molar-refractivity contribution in [3.8, 4) is 11.1 Å². The molecular weight excluding hydrogens is 483 g/mol. The number of hydrogen-bond acceptors (Lipinski definition) is 5. The molecule has 1 N–H and O–H groups in total. The summed E-state index contributed by atoms with van der Waals surface area (Å²) >= 11 is 0. The summed E-state index contributed by atoms with van der Waals surface area (Å²) in [5, 5.41) is 12.5. The first-order chi connectivity index (χ1) is 18.5.